The van der Waals surface area contributed by atoms with Gasteiger partial charge in [0, 0.05) is 18.0 Å². The molecule has 0 aliphatic carbocycles. The van der Waals surface area contributed by atoms with Crippen LogP contribution in [0, 0.1) is 0 Å². The van der Waals surface area contributed by atoms with Gasteiger partial charge in [-0.3, -0.25) is 4.79 Å². The number of amides is 1. The fraction of sp³-hybridized carbons (Fsp3) is 0.250. The van der Waals surface area contributed by atoms with Crippen LogP contribution in [0.5, 0.6) is 5.75 Å². The predicted molar refractivity (Wildman–Crippen MR) is 75.6 cm³/mol. The van der Waals surface area contributed by atoms with Crippen molar-refractivity contribution in [2.75, 3.05) is 12.8 Å². The van der Waals surface area contributed by atoms with Gasteiger partial charge in [-0.25, -0.2) is 4.21 Å². The van der Waals surface area contributed by atoms with E-state index in [1.807, 2.05) is 0 Å². The highest BCUT2D eigenvalue weighted by atomic mass is 33.1. The molecule has 0 spiro atoms. The molecule has 1 rings (SSSR count). The molecule has 18 heavy (non-hydrogen) atoms. The van der Waals surface area contributed by atoms with E-state index < -0.39 is 9.83 Å². The summed E-state index contributed by atoms with van der Waals surface area (Å²) < 4.78 is 11.0. The van der Waals surface area contributed by atoms with E-state index in [0.29, 0.717) is 13.0 Å². The maximum atomic E-state index is 11.3. The molecule has 1 unspecified atom stereocenters. The monoisotopic (exact) mass is 285 g/mol. The van der Waals surface area contributed by atoms with E-state index in [2.05, 4.69) is 5.32 Å². The quantitative estimate of drug-likeness (QED) is 0.615. The van der Waals surface area contributed by atoms with Crippen molar-refractivity contribution in [3.8, 4) is 5.75 Å². The molecule has 0 bridgehead atoms. The zero-order chi connectivity index (χ0) is 13.4. The van der Waals surface area contributed by atoms with Crippen molar-refractivity contribution in [1.82, 2.24) is 5.32 Å². The van der Waals surface area contributed by atoms with Crippen molar-refractivity contribution in [2.45, 2.75) is 6.42 Å². The second-order valence-electron chi connectivity index (χ2n) is 3.44. The van der Waals surface area contributed by atoms with Gasteiger partial charge in [-0.05, 0) is 30.4 Å². The molecule has 2 N–H and O–H groups in total. The average Bonchev–Trinajstić information content (AvgIpc) is 2.38. The number of hydrogen-bond acceptors (Lipinski definition) is 4. The maximum Gasteiger partial charge on any atom is 0.244 e. The van der Waals surface area contributed by atoms with Crippen LogP contribution in [0.4, 0.5) is 0 Å². The molecule has 1 aromatic rings. The summed E-state index contributed by atoms with van der Waals surface area (Å²) in [5.41, 5.74) is 1.03. The summed E-state index contributed by atoms with van der Waals surface area (Å²) in [7, 11) is 0.0263. The number of rotatable bonds is 6. The number of phenols is 1. The molecule has 98 valence electrons. The highest BCUT2D eigenvalue weighted by Gasteiger charge is 1.97. The third-order valence-corrected chi connectivity index (χ3v) is 4.15. The molecule has 0 aliphatic rings. The molecular formula is C12H15NO3S2. The summed E-state index contributed by atoms with van der Waals surface area (Å²) in [6.07, 6.45) is 3.68. The number of carbonyl (C=O) groups is 1. The summed E-state index contributed by atoms with van der Waals surface area (Å²) in [4.78, 5) is 11.3. The molecule has 1 amide bonds. The summed E-state index contributed by atoms with van der Waals surface area (Å²) in [5.74, 6) is -0.0264. The Morgan fingerprint density at radius 1 is 1.44 bits per heavy atom. The van der Waals surface area contributed by atoms with Gasteiger partial charge in [0.25, 0.3) is 0 Å². The first kappa shape index (κ1) is 14.8. The zero-order valence-corrected chi connectivity index (χ0v) is 11.6. The average molecular weight is 285 g/mol. The fourth-order valence-electron chi connectivity index (χ4n) is 1.22. The zero-order valence-electron chi connectivity index (χ0n) is 9.96. The lowest BCUT2D eigenvalue weighted by Crippen LogP contribution is -2.23. The van der Waals surface area contributed by atoms with Crippen LogP contribution in [0.1, 0.15) is 5.56 Å². The molecule has 4 nitrogen and oxygen atoms in total. The molecule has 0 aliphatic heterocycles. The van der Waals surface area contributed by atoms with Crippen molar-refractivity contribution in [3.05, 3.63) is 41.3 Å². The predicted octanol–water partition coefficient (Wildman–Crippen LogP) is 1.59. The van der Waals surface area contributed by atoms with Crippen LogP contribution in [-0.2, 0) is 21.0 Å². The van der Waals surface area contributed by atoms with Gasteiger partial charge in [0.15, 0.2) is 0 Å². The fourth-order valence-corrected chi connectivity index (χ4v) is 2.07. The first-order chi connectivity index (χ1) is 8.61. The molecule has 0 saturated heterocycles. The lowest BCUT2D eigenvalue weighted by atomic mass is 10.1. The first-order valence-electron chi connectivity index (χ1n) is 5.31. The summed E-state index contributed by atoms with van der Waals surface area (Å²) in [6.45, 7) is 0.500. The number of hydrogen-bond donors (Lipinski definition) is 2. The molecule has 0 fully saturated rings. The van der Waals surface area contributed by atoms with Crippen LogP contribution in [0.25, 0.3) is 0 Å². The highest BCUT2D eigenvalue weighted by Crippen LogP contribution is 2.09. The third kappa shape index (κ3) is 5.88. The maximum absolute atomic E-state index is 11.3. The molecule has 1 atom stereocenters. The van der Waals surface area contributed by atoms with E-state index in [4.69, 9.17) is 5.11 Å². The second kappa shape index (κ2) is 7.94. The Labute approximate surface area is 112 Å². The van der Waals surface area contributed by atoms with Gasteiger partial charge in [0.2, 0.25) is 5.91 Å². The number of aromatic hydroxyl groups is 1. The summed E-state index contributed by atoms with van der Waals surface area (Å²) in [6, 6.07) is 6.83. The van der Waals surface area contributed by atoms with Crippen LogP contribution < -0.4 is 5.32 Å². The van der Waals surface area contributed by atoms with Crippen LogP contribution in [0.15, 0.2) is 35.7 Å². The highest BCUT2D eigenvalue weighted by molar-refractivity contribution is 8.70. The summed E-state index contributed by atoms with van der Waals surface area (Å²) in [5, 5.41) is 13.2. The second-order valence-corrected chi connectivity index (χ2v) is 6.55. The van der Waals surface area contributed by atoms with Crippen LogP contribution in [-0.4, -0.2) is 28.0 Å². The normalized spacial score (nSPS) is 12.5. The van der Waals surface area contributed by atoms with Crippen molar-refractivity contribution in [2.24, 2.45) is 0 Å². The summed E-state index contributed by atoms with van der Waals surface area (Å²) >= 11 is 0. The van der Waals surface area contributed by atoms with E-state index in [1.165, 1.54) is 22.3 Å². The first-order valence-corrected chi connectivity index (χ1v) is 8.26. The Morgan fingerprint density at radius 2 is 2.11 bits per heavy atom. The van der Waals surface area contributed by atoms with Gasteiger partial charge in [-0.15, -0.1) is 0 Å². The molecule has 1 aromatic carbocycles. The van der Waals surface area contributed by atoms with Crippen LogP contribution in [0.3, 0.4) is 0 Å². The number of nitrogens with one attached hydrogen (secondary N) is 1. The SMILES string of the molecule is CSS(=O)/C=C\C(=O)NCCc1ccc(O)cc1. The Balaban J connectivity index is 2.29. The lowest BCUT2D eigenvalue weighted by Gasteiger charge is -2.02. The van der Waals surface area contributed by atoms with Crippen LogP contribution >= 0.6 is 10.8 Å². The topological polar surface area (TPSA) is 66.4 Å². The van der Waals surface area contributed by atoms with E-state index in [1.54, 1.807) is 30.5 Å². The van der Waals surface area contributed by atoms with Crippen molar-refractivity contribution in [1.29, 1.82) is 0 Å². The third-order valence-electron chi connectivity index (χ3n) is 2.14. The van der Waals surface area contributed by atoms with E-state index in [9.17, 15) is 9.00 Å². The Hall–Kier alpha value is -1.27. The largest absolute Gasteiger partial charge is 0.508 e. The minimum atomic E-state index is -1.14. The van der Waals surface area contributed by atoms with Gasteiger partial charge >= 0.3 is 0 Å². The van der Waals surface area contributed by atoms with Crippen molar-refractivity contribution < 1.29 is 14.1 Å². The number of benzene rings is 1. The molecule has 0 heterocycles. The van der Waals surface area contributed by atoms with Gasteiger partial charge in [-0.1, -0.05) is 22.9 Å². The molecule has 0 aromatic heterocycles. The Morgan fingerprint density at radius 3 is 2.72 bits per heavy atom. The minimum absolute atomic E-state index is 0.227. The molecule has 0 saturated carbocycles. The molecule has 6 heteroatoms. The standard InChI is InChI=1S/C12H15NO3S2/c1-17-18(16)9-7-12(15)13-8-6-10-2-4-11(14)5-3-10/h2-5,7,9,14H,6,8H2,1H3,(H,13,15)/b9-7-. The number of phenolic OH excluding ortho intramolecular Hbond substituents is 1. The van der Waals surface area contributed by atoms with Crippen LogP contribution in [0.2, 0.25) is 0 Å². The Bertz CT molecular complexity index is 443. The smallest absolute Gasteiger partial charge is 0.244 e. The molecular weight excluding hydrogens is 270 g/mol. The van der Waals surface area contributed by atoms with E-state index in [-0.39, 0.29) is 11.7 Å². The van der Waals surface area contributed by atoms with Gasteiger partial charge in [0.05, 0.1) is 0 Å². The van der Waals surface area contributed by atoms with Crippen molar-refractivity contribution >= 4 is 26.5 Å². The lowest BCUT2D eigenvalue weighted by molar-refractivity contribution is -0.116. The Kier molecular flexibility index (Phi) is 6.53. The minimum Gasteiger partial charge on any atom is -0.508 e. The molecule has 0 radical (unpaired) electrons. The van der Waals surface area contributed by atoms with E-state index >= 15 is 0 Å². The number of carbonyl (C=O) groups excluding carboxylic acids is 1. The van der Waals surface area contributed by atoms with Crippen molar-refractivity contribution in [3.63, 3.8) is 0 Å². The van der Waals surface area contributed by atoms with Gasteiger partial charge in [-0.2, -0.15) is 0 Å². The van der Waals surface area contributed by atoms with Gasteiger partial charge in [0.1, 0.15) is 15.6 Å². The van der Waals surface area contributed by atoms with Gasteiger partial charge < -0.3 is 10.4 Å². The van der Waals surface area contributed by atoms with E-state index in [0.717, 1.165) is 5.56 Å².